The second-order valence-electron chi connectivity index (χ2n) is 3.42. The van der Waals surface area contributed by atoms with Gasteiger partial charge in [0.05, 0.1) is 0 Å². The Morgan fingerprint density at radius 1 is 1.43 bits per heavy atom. The molecule has 0 aliphatic carbocycles. The first kappa shape index (κ1) is 10.7. The average Bonchev–Trinajstić information content (AvgIpc) is 2.20. The molecule has 2 nitrogen and oxygen atoms in total. The highest BCUT2D eigenvalue weighted by molar-refractivity contribution is 5.11. The average molecular weight is 188 g/mol. The fraction of sp³-hybridized carbons (Fsp3) is 0.417. The van der Waals surface area contributed by atoms with Crippen molar-refractivity contribution in [3.8, 4) is 12.3 Å². The van der Waals surface area contributed by atoms with Crippen molar-refractivity contribution in [3.63, 3.8) is 0 Å². The zero-order valence-corrected chi connectivity index (χ0v) is 8.32. The molecule has 0 saturated carbocycles. The van der Waals surface area contributed by atoms with E-state index in [1.165, 1.54) is 5.56 Å². The van der Waals surface area contributed by atoms with Crippen molar-refractivity contribution in [1.82, 2.24) is 4.98 Å². The molecule has 2 N–H and O–H groups in total. The molecule has 0 saturated heterocycles. The van der Waals surface area contributed by atoms with Crippen LogP contribution in [0.5, 0.6) is 0 Å². The molecule has 2 heteroatoms. The smallest absolute Gasteiger partial charge is 0.0270 e. The summed E-state index contributed by atoms with van der Waals surface area (Å²) in [6, 6.07) is 4.22. The minimum absolute atomic E-state index is 0.214. The zero-order chi connectivity index (χ0) is 10.2. The quantitative estimate of drug-likeness (QED) is 0.565. The highest BCUT2D eigenvalue weighted by Crippen LogP contribution is 2.05. The van der Waals surface area contributed by atoms with E-state index in [2.05, 4.69) is 10.9 Å². The summed E-state index contributed by atoms with van der Waals surface area (Å²) in [4.78, 5) is 3.96. The molecule has 1 rings (SSSR count). The van der Waals surface area contributed by atoms with Crippen LogP contribution in [-0.4, -0.2) is 11.0 Å². The standard InChI is InChI=1S/C12H16N2/c1-2-3-4-5-12(13)10-11-6-8-14-9-7-11/h1,6-9,12H,3-5,10,13H2. The van der Waals surface area contributed by atoms with Gasteiger partial charge in [-0.25, -0.2) is 0 Å². The maximum absolute atomic E-state index is 5.96. The van der Waals surface area contributed by atoms with E-state index in [0.29, 0.717) is 0 Å². The first-order valence-electron chi connectivity index (χ1n) is 4.91. The van der Waals surface area contributed by atoms with Crippen molar-refractivity contribution < 1.29 is 0 Å². The summed E-state index contributed by atoms with van der Waals surface area (Å²) in [6.07, 6.45) is 12.5. The number of hydrogen-bond donors (Lipinski definition) is 1. The molecule has 0 radical (unpaired) electrons. The Morgan fingerprint density at radius 2 is 2.14 bits per heavy atom. The van der Waals surface area contributed by atoms with Crippen molar-refractivity contribution in [2.45, 2.75) is 31.7 Å². The fourth-order valence-corrected chi connectivity index (χ4v) is 1.39. The van der Waals surface area contributed by atoms with Crippen LogP contribution in [0.25, 0.3) is 0 Å². The third kappa shape index (κ3) is 4.06. The van der Waals surface area contributed by atoms with E-state index in [1.54, 1.807) is 12.4 Å². The van der Waals surface area contributed by atoms with Gasteiger partial charge in [-0.15, -0.1) is 12.3 Å². The lowest BCUT2D eigenvalue weighted by molar-refractivity contribution is 0.587. The maximum atomic E-state index is 5.96. The first-order chi connectivity index (χ1) is 6.83. The summed E-state index contributed by atoms with van der Waals surface area (Å²) in [5.41, 5.74) is 7.20. The number of hydrogen-bond acceptors (Lipinski definition) is 2. The molecule has 14 heavy (non-hydrogen) atoms. The Kier molecular flexibility index (Phi) is 4.74. The van der Waals surface area contributed by atoms with E-state index in [0.717, 1.165) is 25.7 Å². The normalized spacial score (nSPS) is 12.0. The molecular weight excluding hydrogens is 172 g/mol. The van der Waals surface area contributed by atoms with Crippen LogP contribution in [0.15, 0.2) is 24.5 Å². The highest BCUT2D eigenvalue weighted by Gasteiger charge is 2.02. The monoisotopic (exact) mass is 188 g/mol. The summed E-state index contributed by atoms with van der Waals surface area (Å²) in [5, 5.41) is 0. The third-order valence-corrected chi connectivity index (χ3v) is 2.14. The fourth-order valence-electron chi connectivity index (χ4n) is 1.39. The van der Waals surface area contributed by atoms with Gasteiger partial charge in [-0.1, -0.05) is 0 Å². The maximum Gasteiger partial charge on any atom is 0.0270 e. The van der Waals surface area contributed by atoms with Gasteiger partial charge >= 0.3 is 0 Å². The van der Waals surface area contributed by atoms with Crippen LogP contribution in [0, 0.1) is 12.3 Å². The molecule has 0 amide bonds. The molecule has 1 atom stereocenters. The summed E-state index contributed by atoms with van der Waals surface area (Å²) in [7, 11) is 0. The van der Waals surface area contributed by atoms with Gasteiger partial charge in [0.25, 0.3) is 0 Å². The molecule has 0 spiro atoms. The summed E-state index contributed by atoms with van der Waals surface area (Å²) in [6.45, 7) is 0. The molecule has 0 bridgehead atoms. The van der Waals surface area contributed by atoms with Gasteiger partial charge < -0.3 is 5.73 Å². The molecule has 1 aromatic heterocycles. The molecular formula is C12H16N2. The van der Waals surface area contributed by atoms with Crippen molar-refractivity contribution in [3.05, 3.63) is 30.1 Å². The van der Waals surface area contributed by atoms with Crippen LogP contribution < -0.4 is 5.73 Å². The lowest BCUT2D eigenvalue weighted by Gasteiger charge is -2.09. The number of aromatic nitrogens is 1. The van der Waals surface area contributed by atoms with E-state index in [4.69, 9.17) is 12.2 Å². The minimum Gasteiger partial charge on any atom is -0.327 e. The van der Waals surface area contributed by atoms with Crippen molar-refractivity contribution in [2.75, 3.05) is 0 Å². The Morgan fingerprint density at radius 3 is 2.79 bits per heavy atom. The number of rotatable bonds is 5. The van der Waals surface area contributed by atoms with Crippen LogP contribution in [0.1, 0.15) is 24.8 Å². The van der Waals surface area contributed by atoms with Crippen LogP contribution in [0.3, 0.4) is 0 Å². The highest BCUT2D eigenvalue weighted by atomic mass is 14.6. The largest absolute Gasteiger partial charge is 0.327 e. The topological polar surface area (TPSA) is 38.9 Å². The van der Waals surface area contributed by atoms with Gasteiger partial charge in [0.15, 0.2) is 0 Å². The van der Waals surface area contributed by atoms with Crippen molar-refractivity contribution >= 4 is 0 Å². The molecule has 0 aromatic carbocycles. The van der Waals surface area contributed by atoms with Gasteiger partial charge in [-0.2, -0.15) is 0 Å². The van der Waals surface area contributed by atoms with Crippen molar-refractivity contribution in [1.29, 1.82) is 0 Å². The Labute approximate surface area is 85.5 Å². The Hall–Kier alpha value is -1.33. The number of nitrogens with zero attached hydrogens (tertiary/aromatic N) is 1. The SMILES string of the molecule is C#CCCCC(N)Cc1ccncc1. The molecule has 1 aromatic rings. The van der Waals surface area contributed by atoms with Gasteiger partial charge in [0, 0.05) is 24.9 Å². The van der Waals surface area contributed by atoms with Crippen molar-refractivity contribution in [2.24, 2.45) is 5.73 Å². The van der Waals surface area contributed by atoms with Gasteiger partial charge in [-0.3, -0.25) is 4.98 Å². The van der Waals surface area contributed by atoms with Gasteiger partial charge in [0.1, 0.15) is 0 Å². The molecule has 74 valence electrons. The number of pyridine rings is 1. The van der Waals surface area contributed by atoms with Crippen LogP contribution in [0.4, 0.5) is 0 Å². The van der Waals surface area contributed by atoms with E-state index in [-0.39, 0.29) is 6.04 Å². The Balaban J connectivity index is 2.28. The number of terminal acetylenes is 1. The number of nitrogens with two attached hydrogens (primary N) is 1. The second-order valence-corrected chi connectivity index (χ2v) is 3.42. The molecule has 1 unspecified atom stereocenters. The van der Waals surface area contributed by atoms with Crippen LogP contribution in [0.2, 0.25) is 0 Å². The first-order valence-corrected chi connectivity index (χ1v) is 4.91. The zero-order valence-electron chi connectivity index (χ0n) is 8.32. The summed E-state index contributed by atoms with van der Waals surface area (Å²) >= 11 is 0. The van der Waals surface area contributed by atoms with E-state index < -0.39 is 0 Å². The minimum atomic E-state index is 0.214. The predicted molar refractivity (Wildman–Crippen MR) is 58.6 cm³/mol. The van der Waals surface area contributed by atoms with Crippen LogP contribution in [-0.2, 0) is 6.42 Å². The molecule has 0 aliphatic rings. The third-order valence-electron chi connectivity index (χ3n) is 2.14. The summed E-state index contributed by atoms with van der Waals surface area (Å²) in [5.74, 6) is 2.62. The van der Waals surface area contributed by atoms with E-state index in [9.17, 15) is 0 Å². The number of unbranched alkanes of at least 4 members (excludes halogenated alkanes) is 1. The van der Waals surface area contributed by atoms with Gasteiger partial charge in [-0.05, 0) is 37.0 Å². The molecule has 0 aliphatic heterocycles. The predicted octanol–water partition coefficient (Wildman–Crippen LogP) is 1.75. The Bertz CT molecular complexity index is 287. The lowest BCUT2D eigenvalue weighted by Crippen LogP contribution is -2.22. The van der Waals surface area contributed by atoms with Gasteiger partial charge in [0.2, 0.25) is 0 Å². The lowest BCUT2D eigenvalue weighted by atomic mass is 10.0. The van der Waals surface area contributed by atoms with Crippen LogP contribution >= 0.6 is 0 Å². The second kappa shape index (κ2) is 6.17. The molecule has 1 heterocycles. The molecule has 0 fully saturated rings. The van der Waals surface area contributed by atoms with E-state index in [1.807, 2.05) is 12.1 Å². The summed E-state index contributed by atoms with van der Waals surface area (Å²) < 4.78 is 0. The van der Waals surface area contributed by atoms with E-state index >= 15 is 0 Å².